The quantitative estimate of drug-likeness (QED) is 0.645. The van der Waals surface area contributed by atoms with Crippen LogP contribution in [0, 0.1) is 22.7 Å². The van der Waals surface area contributed by atoms with Crippen LogP contribution >= 0.6 is 0 Å². The summed E-state index contributed by atoms with van der Waals surface area (Å²) in [6, 6.07) is 10.5. The molecule has 0 saturated heterocycles. The second-order valence-corrected chi connectivity index (χ2v) is 8.22. The molecule has 4 rings (SSSR count). The molecule has 36 heavy (non-hydrogen) atoms. The van der Waals surface area contributed by atoms with E-state index in [0.29, 0.717) is 0 Å². The number of likely N-dealkylation sites (N-methyl/N-ethyl adjacent to an activating group) is 1. The third-order valence-electron chi connectivity index (χ3n) is 6.11. The van der Waals surface area contributed by atoms with E-state index in [0.717, 1.165) is 17.0 Å². The largest absolute Gasteiger partial charge is 0.416 e. The molecule has 0 radical (unpaired) electrons. The van der Waals surface area contributed by atoms with Gasteiger partial charge in [0.25, 0.3) is 5.91 Å². The molecule has 8 nitrogen and oxygen atoms in total. The molecule has 1 unspecified atom stereocenters. The van der Waals surface area contributed by atoms with Crippen LogP contribution in [0.15, 0.2) is 53.7 Å². The van der Waals surface area contributed by atoms with Gasteiger partial charge in [-0.1, -0.05) is 12.1 Å². The van der Waals surface area contributed by atoms with Crippen LogP contribution in [0.3, 0.4) is 0 Å². The average molecular weight is 493 g/mol. The van der Waals surface area contributed by atoms with Gasteiger partial charge in [0.05, 0.1) is 35.0 Å². The number of hydrogen-bond acceptors (Lipinski definition) is 5. The van der Waals surface area contributed by atoms with Gasteiger partial charge in [0, 0.05) is 30.3 Å². The number of nitrogens with zero attached hydrogens (tertiary/aromatic N) is 4. The van der Waals surface area contributed by atoms with Crippen molar-refractivity contribution in [3.05, 3.63) is 76.0 Å². The Morgan fingerprint density at radius 1 is 1.14 bits per heavy atom. The average Bonchev–Trinajstić information content (AvgIpc) is 3.23. The number of nitriles is 2. The molecule has 0 fully saturated rings. The number of allylic oxidation sites excluding steroid dienone is 1. The lowest BCUT2D eigenvalue weighted by molar-refractivity contribution is -0.137. The zero-order valence-electron chi connectivity index (χ0n) is 18.9. The SMILES string of the molecule is CN1C(=O)N(c2cccc(C(F)(F)F)c2)C2=C(C(=O)CC2)C1c1ccc(C#N)cc1C(=O)NCC#N. The molecule has 11 heteroatoms. The Labute approximate surface area is 203 Å². The fourth-order valence-corrected chi connectivity index (χ4v) is 4.51. The molecule has 182 valence electrons. The summed E-state index contributed by atoms with van der Waals surface area (Å²) >= 11 is 0. The predicted molar refractivity (Wildman–Crippen MR) is 120 cm³/mol. The van der Waals surface area contributed by atoms with Crippen LogP contribution in [0.25, 0.3) is 0 Å². The highest BCUT2D eigenvalue weighted by atomic mass is 19.4. The Balaban J connectivity index is 1.89. The maximum atomic E-state index is 13.5. The van der Waals surface area contributed by atoms with Crippen LogP contribution in [0.1, 0.15) is 45.9 Å². The van der Waals surface area contributed by atoms with Gasteiger partial charge in [-0.3, -0.25) is 14.5 Å². The van der Waals surface area contributed by atoms with Gasteiger partial charge in [0.1, 0.15) is 6.54 Å². The van der Waals surface area contributed by atoms with E-state index in [4.69, 9.17) is 5.26 Å². The highest BCUT2D eigenvalue weighted by Gasteiger charge is 2.45. The molecular weight excluding hydrogens is 475 g/mol. The fourth-order valence-electron chi connectivity index (χ4n) is 4.51. The number of hydrogen-bond donors (Lipinski definition) is 1. The number of Topliss-reactive ketones (excluding diaryl/α,β-unsaturated/α-hetero) is 1. The first-order valence-corrected chi connectivity index (χ1v) is 10.8. The summed E-state index contributed by atoms with van der Waals surface area (Å²) in [5.41, 5.74) is -0.0987. The number of rotatable bonds is 4. The van der Waals surface area contributed by atoms with E-state index >= 15 is 0 Å². The van der Waals surface area contributed by atoms with Crippen LogP contribution in [0.4, 0.5) is 23.7 Å². The molecule has 1 aliphatic heterocycles. The normalized spacial score (nSPS) is 17.6. The van der Waals surface area contributed by atoms with Gasteiger partial charge < -0.3 is 10.2 Å². The van der Waals surface area contributed by atoms with Crippen molar-refractivity contribution in [2.75, 3.05) is 18.5 Å². The molecule has 0 spiro atoms. The maximum Gasteiger partial charge on any atom is 0.416 e. The number of benzene rings is 2. The van der Waals surface area contributed by atoms with E-state index in [2.05, 4.69) is 5.32 Å². The van der Waals surface area contributed by atoms with Crippen LogP contribution in [-0.4, -0.2) is 36.2 Å². The van der Waals surface area contributed by atoms with Crippen molar-refractivity contribution in [2.24, 2.45) is 0 Å². The van der Waals surface area contributed by atoms with Crippen LogP contribution < -0.4 is 10.2 Å². The van der Waals surface area contributed by atoms with E-state index in [1.54, 1.807) is 6.07 Å². The molecule has 0 saturated carbocycles. The van der Waals surface area contributed by atoms with Gasteiger partial charge in [0.2, 0.25) is 0 Å². The summed E-state index contributed by atoms with van der Waals surface area (Å²) in [6.07, 6.45) is -4.45. The minimum atomic E-state index is -4.62. The van der Waals surface area contributed by atoms with Crippen LogP contribution in [0.5, 0.6) is 0 Å². The third kappa shape index (κ3) is 4.16. The highest BCUT2D eigenvalue weighted by molar-refractivity contribution is 6.09. The Bertz CT molecular complexity index is 1400. The molecule has 2 aliphatic rings. The molecule has 1 N–H and O–H groups in total. The molecule has 1 aliphatic carbocycles. The Hall–Kier alpha value is -4.64. The van der Waals surface area contributed by atoms with E-state index in [9.17, 15) is 32.8 Å². The summed E-state index contributed by atoms with van der Waals surface area (Å²) in [4.78, 5) is 41.7. The van der Waals surface area contributed by atoms with Gasteiger partial charge in [-0.05, 0) is 42.3 Å². The standard InChI is InChI=1S/C25H18F3N5O3/c1-32-22(17-6-5-14(13-30)11-18(17)23(35)31-10-9-29)21-19(7-8-20(21)34)33(24(32)36)16-4-2-3-15(12-16)25(26,27)28/h2-6,11-12,22H,7-8,10H2,1H3,(H,31,35). The first-order chi connectivity index (χ1) is 17.1. The second kappa shape index (κ2) is 9.19. The van der Waals surface area contributed by atoms with Crippen molar-refractivity contribution in [1.29, 1.82) is 10.5 Å². The van der Waals surface area contributed by atoms with Gasteiger partial charge in [0.15, 0.2) is 5.78 Å². The van der Waals surface area contributed by atoms with Crippen molar-refractivity contribution >= 4 is 23.4 Å². The topological polar surface area (TPSA) is 117 Å². The molecular formula is C25H18F3N5O3. The zero-order valence-corrected chi connectivity index (χ0v) is 18.9. The number of carbonyl (C=O) groups excluding carboxylic acids is 3. The molecule has 2 aromatic carbocycles. The third-order valence-corrected chi connectivity index (χ3v) is 6.11. The monoisotopic (exact) mass is 493 g/mol. The van der Waals surface area contributed by atoms with E-state index in [-0.39, 0.29) is 58.8 Å². The highest BCUT2D eigenvalue weighted by Crippen LogP contribution is 2.45. The Kier molecular flexibility index (Phi) is 6.25. The first kappa shape index (κ1) is 24.5. The maximum absolute atomic E-state index is 13.5. The summed E-state index contributed by atoms with van der Waals surface area (Å²) in [6.45, 7) is -0.301. The number of amides is 3. The second-order valence-electron chi connectivity index (χ2n) is 8.22. The van der Waals surface area contributed by atoms with Crippen molar-refractivity contribution in [1.82, 2.24) is 10.2 Å². The molecule has 3 amide bonds. The van der Waals surface area contributed by atoms with E-state index < -0.39 is 29.7 Å². The molecule has 1 heterocycles. The lowest BCUT2D eigenvalue weighted by Gasteiger charge is -2.41. The summed E-state index contributed by atoms with van der Waals surface area (Å²) < 4.78 is 40.0. The van der Waals surface area contributed by atoms with Gasteiger partial charge in [-0.15, -0.1) is 0 Å². The predicted octanol–water partition coefficient (Wildman–Crippen LogP) is 4.06. The van der Waals surface area contributed by atoms with Crippen molar-refractivity contribution in [3.8, 4) is 12.1 Å². The Morgan fingerprint density at radius 2 is 1.89 bits per heavy atom. The number of nitrogens with one attached hydrogen (secondary N) is 1. The molecule has 0 aromatic heterocycles. The molecule has 0 bridgehead atoms. The number of carbonyl (C=O) groups is 3. The lowest BCUT2D eigenvalue weighted by Crippen LogP contribution is -2.48. The molecule has 2 aromatic rings. The van der Waals surface area contributed by atoms with Gasteiger partial charge in [-0.25, -0.2) is 4.79 Å². The summed E-state index contributed by atoms with van der Waals surface area (Å²) in [5, 5.41) is 20.5. The smallest absolute Gasteiger partial charge is 0.339 e. The van der Waals surface area contributed by atoms with Gasteiger partial charge >= 0.3 is 12.2 Å². The lowest BCUT2D eigenvalue weighted by atomic mass is 9.89. The van der Waals surface area contributed by atoms with Crippen molar-refractivity contribution < 1.29 is 27.6 Å². The first-order valence-electron chi connectivity index (χ1n) is 10.8. The number of ketones is 1. The number of urea groups is 1. The van der Waals surface area contributed by atoms with Crippen LogP contribution in [0.2, 0.25) is 0 Å². The Morgan fingerprint density at radius 3 is 2.56 bits per heavy atom. The van der Waals surface area contributed by atoms with Gasteiger partial charge in [-0.2, -0.15) is 23.7 Å². The van der Waals surface area contributed by atoms with Crippen molar-refractivity contribution in [3.63, 3.8) is 0 Å². The minimum Gasteiger partial charge on any atom is -0.339 e. The van der Waals surface area contributed by atoms with E-state index in [1.165, 1.54) is 42.3 Å². The number of alkyl halides is 3. The zero-order chi connectivity index (χ0) is 26.2. The van der Waals surface area contributed by atoms with Crippen molar-refractivity contribution in [2.45, 2.75) is 25.1 Å². The summed E-state index contributed by atoms with van der Waals surface area (Å²) in [5.74, 6) is -0.975. The molecule has 1 atom stereocenters. The summed E-state index contributed by atoms with van der Waals surface area (Å²) in [7, 11) is 1.39. The van der Waals surface area contributed by atoms with Crippen LogP contribution in [-0.2, 0) is 11.0 Å². The minimum absolute atomic E-state index is 0.00742. The number of halogens is 3. The number of anilines is 1. The van der Waals surface area contributed by atoms with E-state index in [1.807, 2.05) is 6.07 Å². The fraction of sp³-hybridized carbons (Fsp3) is 0.240.